The highest BCUT2D eigenvalue weighted by molar-refractivity contribution is 8.15. The van der Waals surface area contributed by atoms with E-state index in [2.05, 4.69) is 4.99 Å². The fraction of sp³-hybridized carbons (Fsp3) is 0.400. The van der Waals surface area contributed by atoms with Crippen LogP contribution in [0.3, 0.4) is 0 Å². The van der Waals surface area contributed by atoms with Gasteiger partial charge in [-0.1, -0.05) is 29.5 Å². The van der Waals surface area contributed by atoms with Crippen LogP contribution in [-0.2, 0) is 27.7 Å². The lowest BCUT2D eigenvalue weighted by molar-refractivity contribution is -0.148. The first-order chi connectivity index (χ1) is 11.9. The average Bonchev–Trinajstić information content (AvgIpc) is 2.97. The van der Waals surface area contributed by atoms with Crippen LogP contribution in [0.4, 0.5) is 5.69 Å². The molecule has 2 bridgehead atoms. The molecule has 5 rings (SSSR count). The molecule has 25 heavy (non-hydrogen) atoms. The molecule has 0 atom stereocenters. The van der Waals surface area contributed by atoms with Crippen molar-refractivity contribution in [3.05, 3.63) is 29.8 Å². The number of hydrogen-bond donors (Lipinski definition) is 0. The van der Waals surface area contributed by atoms with Gasteiger partial charge in [0.1, 0.15) is 5.41 Å². The SMILES string of the molecule is Cc1ccc(N2C(=O)CSC2=NC(=O)C23COP(=O)(OC2)OC3)cc1. The number of phosphoric ester groups is 1. The Balaban J connectivity index is 1.61. The van der Waals surface area contributed by atoms with Crippen LogP contribution in [0.1, 0.15) is 5.56 Å². The normalized spacial score (nSPS) is 33.2. The van der Waals surface area contributed by atoms with E-state index < -0.39 is 19.1 Å². The predicted molar refractivity (Wildman–Crippen MR) is 91.5 cm³/mol. The number of phosphoric acid groups is 1. The molecule has 0 spiro atoms. The number of thioether (sulfide) groups is 1. The summed E-state index contributed by atoms with van der Waals surface area (Å²) in [6.07, 6.45) is 0. The highest BCUT2D eigenvalue weighted by Crippen LogP contribution is 2.60. The zero-order valence-corrected chi connectivity index (χ0v) is 15.0. The van der Waals surface area contributed by atoms with Crippen molar-refractivity contribution in [2.24, 2.45) is 10.4 Å². The zero-order chi connectivity index (χ0) is 17.7. The van der Waals surface area contributed by atoms with Crippen LogP contribution in [-0.4, -0.2) is 42.6 Å². The number of fused-ring (bicyclic) bond motifs is 3. The van der Waals surface area contributed by atoms with Crippen molar-refractivity contribution in [3.8, 4) is 0 Å². The molecule has 1 aromatic carbocycles. The van der Waals surface area contributed by atoms with Crippen LogP contribution in [0.25, 0.3) is 0 Å². The lowest BCUT2D eigenvalue weighted by atomic mass is 9.90. The fourth-order valence-electron chi connectivity index (χ4n) is 2.63. The quantitative estimate of drug-likeness (QED) is 0.723. The number of amides is 2. The Bertz CT molecular complexity index is 793. The largest absolute Gasteiger partial charge is 0.474 e. The van der Waals surface area contributed by atoms with E-state index in [9.17, 15) is 14.2 Å². The average molecular weight is 382 g/mol. The molecule has 132 valence electrons. The predicted octanol–water partition coefficient (Wildman–Crippen LogP) is 2.13. The Kier molecular flexibility index (Phi) is 4.09. The van der Waals surface area contributed by atoms with Gasteiger partial charge in [-0.05, 0) is 19.1 Å². The first-order valence-corrected chi connectivity index (χ1v) is 10.0. The molecular formula is C15H15N2O6PS. The molecule has 4 aliphatic heterocycles. The van der Waals surface area contributed by atoms with Crippen LogP contribution in [0.15, 0.2) is 29.3 Å². The molecule has 2 amide bonds. The molecule has 1 aromatic rings. The highest BCUT2D eigenvalue weighted by atomic mass is 32.2. The number of hydrogen-bond acceptors (Lipinski definition) is 7. The topological polar surface area (TPSA) is 94.5 Å². The maximum atomic E-state index is 12.7. The van der Waals surface area contributed by atoms with Crippen molar-refractivity contribution in [2.45, 2.75) is 6.92 Å². The molecule has 0 N–H and O–H groups in total. The number of carbonyl (C=O) groups is 2. The number of aliphatic imine (C=N–C) groups is 1. The van der Waals surface area contributed by atoms with Crippen molar-refractivity contribution in [3.63, 3.8) is 0 Å². The second kappa shape index (κ2) is 6.03. The molecule has 0 saturated carbocycles. The molecule has 0 aliphatic carbocycles. The maximum Gasteiger partial charge on any atom is 0.474 e. The number of nitrogens with zero attached hydrogens (tertiary/aromatic N) is 2. The van der Waals surface area contributed by atoms with Gasteiger partial charge in [-0.3, -0.25) is 28.1 Å². The molecule has 0 unspecified atom stereocenters. The van der Waals surface area contributed by atoms with Gasteiger partial charge < -0.3 is 0 Å². The van der Waals surface area contributed by atoms with E-state index in [0.29, 0.717) is 10.9 Å². The third kappa shape index (κ3) is 2.96. The van der Waals surface area contributed by atoms with Gasteiger partial charge in [-0.2, -0.15) is 4.99 Å². The summed E-state index contributed by atoms with van der Waals surface area (Å²) in [7, 11) is -3.49. The Morgan fingerprint density at radius 3 is 2.40 bits per heavy atom. The Morgan fingerprint density at radius 2 is 1.80 bits per heavy atom. The summed E-state index contributed by atoms with van der Waals surface area (Å²) in [5.41, 5.74) is 0.603. The number of rotatable bonds is 2. The Morgan fingerprint density at radius 1 is 1.20 bits per heavy atom. The number of aryl methyl sites for hydroxylation is 1. The summed E-state index contributed by atoms with van der Waals surface area (Å²) < 4.78 is 26.9. The van der Waals surface area contributed by atoms with Crippen LogP contribution in [0, 0.1) is 12.3 Å². The van der Waals surface area contributed by atoms with Gasteiger partial charge in [-0.25, -0.2) is 4.57 Å². The van der Waals surface area contributed by atoms with Gasteiger partial charge in [0.2, 0.25) is 5.91 Å². The number of amidine groups is 1. The van der Waals surface area contributed by atoms with Gasteiger partial charge in [0.15, 0.2) is 5.17 Å². The van der Waals surface area contributed by atoms with Gasteiger partial charge in [0, 0.05) is 0 Å². The maximum absolute atomic E-state index is 12.7. The number of benzene rings is 1. The fourth-order valence-corrected chi connectivity index (χ4v) is 4.93. The number of carbonyl (C=O) groups excluding carboxylic acids is 2. The first kappa shape index (κ1) is 16.9. The van der Waals surface area contributed by atoms with Gasteiger partial charge in [-0.15, -0.1) is 0 Å². The first-order valence-electron chi connectivity index (χ1n) is 7.60. The van der Waals surface area contributed by atoms with E-state index >= 15 is 0 Å². The van der Waals surface area contributed by atoms with Gasteiger partial charge >= 0.3 is 7.82 Å². The van der Waals surface area contributed by atoms with Gasteiger partial charge in [0.05, 0.1) is 31.3 Å². The number of anilines is 1. The molecule has 4 saturated heterocycles. The van der Waals surface area contributed by atoms with Crippen LogP contribution in [0.2, 0.25) is 0 Å². The smallest absolute Gasteiger partial charge is 0.286 e. The molecule has 0 aromatic heterocycles. The summed E-state index contributed by atoms with van der Waals surface area (Å²) in [4.78, 5) is 30.5. The lowest BCUT2D eigenvalue weighted by Crippen LogP contribution is -2.50. The minimum atomic E-state index is -3.49. The summed E-state index contributed by atoms with van der Waals surface area (Å²) in [6, 6.07) is 7.40. The standard InChI is InChI=1S/C15H15N2O6PS/c1-10-2-4-11(5-3-10)17-12(18)6-25-14(17)16-13(19)15-7-21-24(20,22-8-15)23-9-15/h2-5H,6-9H2,1H3. The van der Waals surface area contributed by atoms with Crippen molar-refractivity contribution in [1.29, 1.82) is 0 Å². The molecular weight excluding hydrogens is 367 g/mol. The van der Waals surface area contributed by atoms with Gasteiger partial charge in [0.25, 0.3) is 5.91 Å². The summed E-state index contributed by atoms with van der Waals surface area (Å²) >= 11 is 1.20. The van der Waals surface area contributed by atoms with E-state index in [1.54, 1.807) is 0 Å². The third-order valence-electron chi connectivity index (χ3n) is 4.21. The molecule has 0 radical (unpaired) electrons. The summed E-state index contributed by atoms with van der Waals surface area (Å²) in [5.74, 6) is -0.433. The molecule has 8 nitrogen and oxygen atoms in total. The van der Waals surface area contributed by atoms with E-state index in [1.165, 1.54) is 16.7 Å². The van der Waals surface area contributed by atoms with Crippen LogP contribution in [0.5, 0.6) is 0 Å². The van der Waals surface area contributed by atoms with Crippen molar-refractivity contribution in [1.82, 2.24) is 0 Å². The van der Waals surface area contributed by atoms with Crippen molar-refractivity contribution < 1.29 is 27.7 Å². The van der Waals surface area contributed by atoms with Crippen LogP contribution >= 0.6 is 19.6 Å². The molecule has 10 heteroatoms. The Labute approximate surface area is 148 Å². The zero-order valence-electron chi connectivity index (χ0n) is 13.3. The summed E-state index contributed by atoms with van der Waals surface area (Å²) in [6.45, 7) is 1.75. The molecule has 4 aliphatic rings. The van der Waals surface area contributed by atoms with E-state index in [4.69, 9.17) is 13.6 Å². The minimum absolute atomic E-state index is 0.0664. The summed E-state index contributed by atoms with van der Waals surface area (Å²) in [5, 5.41) is 0.313. The third-order valence-corrected chi connectivity index (χ3v) is 6.46. The van der Waals surface area contributed by atoms with E-state index in [1.807, 2.05) is 31.2 Å². The van der Waals surface area contributed by atoms with Crippen molar-refractivity contribution in [2.75, 3.05) is 30.5 Å². The lowest BCUT2D eigenvalue weighted by Gasteiger charge is -2.41. The van der Waals surface area contributed by atoms with Crippen molar-refractivity contribution >= 4 is 42.3 Å². The second-order valence-corrected chi connectivity index (χ2v) is 8.71. The monoisotopic (exact) mass is 382 g/mol. The molecule has 4 fully saturated rings. The van der Waals surface area contributed by atoms with E-state index in [0.717, 1.165) is 5.56 Å². The second-order valence-electron chi connectivity index (χ2n) is 6.10. The highest BCUT2D eigenvalue weighted by Gasteiger charge is 2.55. The minimum Gasteiger partial charge on any atom is -0.286 e. The molecule has 4 heterocycles. The Hall–Kier alpha value is -1.51. The van der Waals surface area contributed by atoms with Crippen LogP contribution < -0.4 is 4.90 Å². The van der Waals surface area contributed by atoms with E-state index in [-0.39, 0.29) is 31.5 Å².